The Hall–Kier alpha value is -1.72. The molecule has 0 spiro atoms. The standard InChI is InChI=1S/C21H28FN3O.ClH/c1-17-16-20(24-21(23-17)18-8-10-19(22)11-9-18)26-15-7-3-6-14-25-12-4-2-5-13-25;/h8-11,16H,2-7,12-15H2,1H3;1H. The maximum absolute atomic E-state index is 13.1. The Morgan fingerprint density at radius 2 is 1.74 bits per heavy atom. The van der Waals surface area contributed by atoms with Crippen molar-refractivity contribution in [1.82, 2.24) is 14.9 Å². The number of ether oxygens (including phenoxy) is 1. The van der Waals surface area contributed by atoms with Gasteiger partial charge in [-0.05, 0) is 82.9 Å². The predicted octanol–water partition coefficient (Wildman–Crippen LogP) is 5.05. The minimum atomic E-state index is -0.262. The lowest BCUT2D eigenvalue weighted by Crippen LogP contribution is -2.30. The zero-order valence-corrected chi connectivity index (χ0v) is 16.8. The van der Waals surface area contributed by atoms with E-state index in [4.69, 9.17) is 4.74 Å². The molecular weight excluding hydrogens is 365 g/mol. The average molecular weight is 394 g/mol. The Morgan fingerprint density at radius 1 is 1.00 bits per heavy atom. The van der Waals surface area contributed by atoms with Crippen molar-refractivity contribution in [2.75, 3.05) is 26.2 Å². The minimum absolute atomic E-state index is 0. The number of likely N-dealkylation sites (tertiary alicyclic amines) is 1. The van der Waals surface area contributed by atoms with Crippen molar-refractivity contribution in [3.8, 4) is 17.3 Å². The Kier molecular flexibility index (Phi) is 8.95. The summed E-state index contributed by atoms with van der Waals surface area (Å²) in [4.78, 5) is 11.5. The maximum Gasteiger partial charge on any atom is 0.217 e. The molecular formula is C21H29ClFN3O. The lowest BCUT2D eigenvalue weighted by molar-refractivity contribution is 0.220. The number of nitrogens with zero attached hydrogens (tertiary/aromatic N) is 3. The van der Waals surface area contributed by atoms with E-state index in [9.17, 15) is 4.39 Å². The van der Waals surface area contributed by atoms with E-state index >= 15 is 0 Å². The van der Waals surface area contributed by atoms with Crippen LogP contribution in [0.5, 0.6) is 5.88 Å². The molecule has 1 aliphatic rings. The Bertz CT molecular complexity index is 690. The van der Waals surface area contributed by atoms with Crippen molar-refractivity contribution in [1.29, 1.82) is 0 Å². The molecule has 2 heterocycles. The number of halogens is 2. The number of rotatable bonds is 8. The van der Waals surface area contributed by atoms with Gasteiger partial charge in [-0.3, -0.25) is 0 Å². The normalized spacial score (nSPS) is 14.6. The summed E-state index contributed by atoms with van der Waals surface area (Å²) in [7, 11) is 0. The van der Waals surface area contributed by atoms with E-state index in [0.29, 0.717) is 18.3 Å². The van der Waals surface area contributed by atoms with Crippen LogP contribution in [0.4, 0.5) is 4.39 Å². The lowest BCUT2D eigenvalue weighted by atomic mass is 10.1. The van der Waals surface area contributed by atoms with Crippen LogP contribution in [-0.4, -0.2) is 41.1 Å². The second-order valence-electron chi connectivity index (χ2n) is 6.99. The quantitative estimate of drug-likeness (QED) is 0.588. The molecule has 0 N–H and O–H groups in total. The molecule has 1 saturated heterocycles. The molecule has 1 aliphatic heterocycles. The number of hydrogen-bond acceptors (Lipinski definition) is 4. The van der Waals surface area contributed by atoms with E-state index in [1.54, 1.807) is 12.1 Å². The molecule has 0 atom stereocenters. The lowest BCUT2D eigenvalue weighted by Gasteiger charge is -2.26. The molecule has 0 radical (unpaired) electrons. The molecule has 6 heteroatoms. The van der Waals surface area contributed by atoms with E-state index in [1.165, 1.54) is 63.9 Å². The summed E-state index contributed by atoms with van der Waals surface area (Å²) < 4.78 is 18.9. The van der Waals surface area contributed by atoms with Crippen LogP contribution in [-0.2, 0) is 0 Å². The third kappa shape index (κ3) is 7.07. The van der Waals surface area contributed by atoms with E-state index in [1.807, 2.05) is 13.0 Å². The number of unbranched alkanes of at least 4 members (excludes halogenated alkanes) is 2. The highest BCUT2D eigenvalue weighted by Gasteiger charge is 2.09. The molecule has 0 bridgehead atoms. The third-order valence-electron chi connectivity index (χ3n) is 4.75. The highest BCUT2D eigenvalue weighted by Crippen LogP contribution is 2.19. The summed E-state index contributed by atoms with van der Waals surface area (Å²) in [6, 6.07) is 8.07. The summed E-state index contributed by atoms with van der Waals surface area (Å²) in [5, 5.41) is 0. The summed E-state index contributed by atoms with van der Waals surface area (Å²) in [6.45, 7) is 6.33. The molecule has 2 aromatic rings. The van der Waals surface area contributed by atoms with E-state index in [2.05, 4.69) is 14.9 Å². The zero-order chi connectivity index (χ0) is 18.2. The first-order valence-corrected chi connectivity index (χ1v) is 9.67. The smallest absolute Gasteiger partial charge is 0.217 e. The molecule has 1 aromatic heterocycles. The predicted molar refractivity (Wildman–Crippen MR) is 109 cm³/mol. The van der Waals surface area contributed by atoms with Gasteiger partial charge in [-0.25, -0.2) is 9.37 Å². The number of hydrogen-bond donors (Lipinski definition) is 0. The minimum Gasteiger partial charge on any atom is -0.478 e. The fraction of sp³-hybridized carbons (Fsp3) is 0.524. The van der Waals surface area contributed by atoms with Gasteiger partial charge in [0.2, 0.25) is 5.88 Å². The Morgan fingerprint density at radius 3 is 2.48 bits per heavy atom. The van der Waals surface area contributed by atoms with Crippen molar-refractivity contribution in [3.63, 3.8) is 0 Å². The van der Waals surface area contributed by atoms with E-state index < -0.39 is 0 Å². The van der Waals surface area contributed by atoms with Crippen molar-refractivity contribution in [2.45, 2.75) is 45.4 Å². The van der Waals surface area contributed by atoms with Gasteiger partial charge in [0, 0.05) is 17.3 Å². The number of piperidine rings is 1. The van der Waals surface area contributed by atoms with Gasteiger partial charge >= 0.3 is 0 Å². The fourth-order valence-corrected chi connectivity index (χ4v) is 3.32. The first-order valence-electron chi connectivity index (χ1n) is 9.67. The van der Waals surface area contributed by atoms with Crippen LogP contribution < -0.4 is 4.74 Å². The van der Waals surface area contributed by atoms with Crippen LogP contribution in [0.1, 0.15) is 44.2 Å². The molecule has 0 saturated carbocycles. The molecule has 0 amide bonds. The second-order valence-corrected chi connectivity index (χ2v) is 6.99. The Labute approximate surface area is 167 Å². The summed E-state index contributed by atoms with van der Waals surface area (Å²) in [6.07, 6.45) is 7.53. The van der Waals surface area contributed by atoms with Gasteiger partial charge in [0.15, 0.2) is 5.82 Å². The van der Waals surface area contributed by atoms with Gasteiger partial charge in [0.1, 0.15) is 5.82 Å². The van der Waals surface area contributed by atoms with E-state index in [0.717, 1.165) is 17.7 Å². The molecule has 0 unspecified atom stereocenters. The average Bonchev–Trinajstić information content (AvgIpc) is 2.65. The van der Waals surface area contributed by atoms with Crippen LogP contribution in [0.2, 0.25) is 0 Å². The number of aryl methyl sites for hydroxylation is 1. The second kappa shape index (κ2) is 11.2. The number of aromatic nitrogens is 2. The number of benzene rings is 1. The van der Waals surface area contributed by atoms with Crippen LogP contribution in [0.15, 0.2) is 30.3 Å². The molecule has 148 valence electrons. The SMILES string of the molecule is Cc1cc(OCCCCCN2CCCCC2)nc(-c2ccc(F)cc2)n1.Cl. The third-order valence-corrected chi connectivity index (χ3v) is 4.75. The molecule has 1 fully saturated rings. The molecule has 0 aliphatic carbocycles. The first kappa shape index (κ1) is 21.6. The summed E-state index contributed by atoms with van der Waals surface area (Å²) in [5.74, 6) is 0.903. The van der Waals surface area contributed by atoms with Crippen LogP contribution >= 0.6 is 12.4 Å². The van der Waals surface area contributed by atoms with Crippen molar-refractivity contribution in [3.05, 3.63) is 41.8 Å². The highest BCUT2D eigenvalue weighted by molar-refractivity contribution is 5.85. The zero-order valence-electron chi connectivity index (χ0n) is 16.0. The van der Waals surface area contributed by atoms with Gasteiger partial charge < -0.3 is 9.64 Å². The van der Waals surface area contributed by atoms with Gasteiger partial charge in [-0.1, -0.05) is 6.42 Å². The summed E-state index contributed by atoms with van der Waals surface area (Å²) in [5.41, 5.74) is 1.64. The van der Waals surface area contributed by atoms with Gasteiger partial charge in [0.05, 0.1) is 6.61 Å². The van der Waals surface area contributed by atoms with Crippen LogP contribution in [0.25, 0.3) is 11.4 Å². The van der Waals surface area contributed by atoms with Crippen LogP contribution in [0, 0.1) is 12.7 Å². The topological polar surface area (TPSA) is 38.2 Å². The van der Waals surface area contributed by atoms with Gasteiger partial charge in [-0.15, -0.1) is 12.4 Å². The Balaban J connectivity index is 0.00000261. The monoisotopic (exact) mass is 393 g/mol. The molecule has 4 nitrogen and oxygen atoms in total. The molecule has 1 aromatic carbocycles. The maximum atomic E-state index is 13.1. The van der Waals surface area contributed by atoms with Crippen molar-refractivity contribution >= 4 is 12.4 Å². The highest BCUT2D eigenvalue weighted by atomic mass is 35.5. The molecule has 3 rings (SSSR count). The van der Waals surface area contributed by atoms with E-state index in [-0.39, 0.29) is 18.2 Å². The fourth-order valence-electron chi connectivity index (χ4n) is 3.32. The van der Waals surface area contributed by atoms with Gasteiger partial charge in [0.25, 0.3) is 0 Å². The van der Waals surface area contributed by atoms with Crippen molar-refractivity contribution in [2.24, 2.45) is 0 Å². The van der Waals surface area contributed by atoms with Crippen molar-refractivity contribution < 1.29 is 9.13 Å². The molecule has 27 heavy (non-hydrogen) atoms. The largest absolute Gasteiger partial charge is 0.478 e. The first-order chi connectivity index (χ1) is 12.7. The van der Waals surface area contributed by atoms with Gasteiger partial charge in [-0.2, -0.15) is 4.98 Å². The van der Waals surface area contributed by atoms with Crippen LogP contribution in [0.3, 0.4) is 0 Å². The summed E-state index contributed by atoms with van der Waals surface area (Å²) >= 11 is 0.